The van der Waals surface area contributed by atoms with Gasteiger partial charge in [0, 0.05) is 12.5 Å². The maximum atomic E-state index is 12.0. The molecule has 2 rings (SSSR count). The second-order valence-corrected chi connectivity index (χ2v) is 7.22. The molecule has 0 atom stereocenters. The third-order valence-electron chi connectivity index (χ3n) is 2.76. The quantitative estimate of drug-likeness (QED) is 0.925. The van der Waals surface area contributed by atoms with Crippen molar-refractivity contribution in [1.29, 1.82) is 0 Å². The van der Waals surface area contributed by atoms with Crippen LogP contribution in [-0.4, -0.2) is 29.8 Å². The van der Waals surface area contributed by atoms with Gasteiger partial charge in [-0.2, -0.15) is 0 Å². The van der Waals surface area contributed by atoms with Crippen LogP contribution in [0.3, 0.4) is 0 Å². The number of hydrogen-bond donors (Lipinski definition) is 1. The average molecular weight is 309 g/mol. The lowest BCUT2D eigenvalue weighted by molar-refractivity contribution is -0.114. The van der Waals surface area contributed by atoms with Crippen LogP contribution >= 0.6 is 0 Å². The van der Waals surface area contributed by atoms with E-state index >= 15 is 0 Å². The Morgan fingerprint density at radius 3 is 2.33 bits per heavy atom. The Labute approximate surface area is 122 Å². The summed E-state index contributed by atoms with van der Waals surface area (Å²) in [6.07, 6.45) is 0. The molecule has 2 aromatic rings. The van der Waals surface area contributed by atoms with E-state index in [0.717, 1.165) is 0 Å². The zero-order chi connectivity index (χ0) is 15.6. The van der Waals surface area contributed by atoms with E-state index in [1.807, 2.05) is 0 Å². The Morgan fingerprint density at radius 2 is 1.81 bits per heavy atom. The summed E-state index contributed by atoms with van der Waals surface area (Å²) in [5.41, 5.74) is 0.571. The summed E-state index contributed by atoms with van der Waals surface area (Å²) in [5.74, 6) is -0.115. The molecule has 1 amide bonds. The van der Waals surface area contributed by atoms with Crippen molar-refractivity contribution in [3.05, 3.63) is 24.3 Å². The first-order valence-electron chi connectivity index (χ1n) is 6.26. The van der Waals surface area contributed by atoms with Crippen molar-refractivity contribution in [3.63, 3.8) is 0 Å². The van der Waals surface area contributed by atoms with Crippen LogP contribution in [0.2, 0.25) is 0 Å². The zero-order valence-electron chi connectivity index (χ0n) is 11.8. The molecular weight excluding hydrogens is 294 g/mol. The van der Waals surface area contributed by atoms with Crippen LogP contribution in [0.1, 0.15) is 20.8 Å². The fraction of sp³-hybridized carbons (Fsp3) is 0.308. The van der Waals surface area contributed by atoms with E-state index in [0.29, 0.717) is 5.56 Å². The smallest absolute Gasteiger partial charge is 0.322 e. The minimum Gasteiger partial charge on any atom is -0.403 e. The molecule has 0 radical (unpaired) electrons. The molecule has 0 bridgehead atoms. The molecule has 0 aliphatic rings. The molecule has 0 saturated heterocycles. The van der Waals surface area contributed by atoms with Crippen LogP contribution in [0.25, 0.3) is 11.5 Å². The zero-order valence-corrected chi connectivity index (χ0v) is 12.6. The molecule has 1 heterocycles. The molecule has 21 heavy (non-hydrogen) atoms. The molecule has 0 saturated carbocycles. The standard InChI is InChI=1S/C13H15N3O4S/c1-8(2)21(18,19)11-6-4-10(5-7-11)12-15-16-13(20-12)14-9(3)17/h4-8H,1-3H3,(H,14,16,17). The fourth-order valence-electron chi connectivity index (χ4n) is 1.60. The van der Waals surface area contributed by atoms with Gasteiger partial charge >= 0.3 is 6.01 Å². The van der Waals surface area contributed by atoms with Crippen LogP contribution in [0.4, 0.5) is 6.01 Å². The molecule has 0 aliphatic heterocycles. The summed E-state index contributed by atoms with van der Waals surface area (Å²) in [5, 5.41) is 9.33. The predicted molar refractivity (Wildman–Crippen MR) is 76.4 cm³/mol. The van der Waals surface area contributed by atoms with E-state index in [-0.39, 0.29) is 22.7 Å². The van der Waals surface area contributed by atoms with E-state index in [1.165, 1.54) is 19.1 Å². The van der Waals surface area contributed by atoms with Gasteiger partial charge in [0.25, 0.3) is 0 Å². The number of hydrogen-bond acceptors (Lipinski definition) is 6. The first-order valence-corrected chi connectivity index (χ1v) is 7.81. The summed E-state index contributed by atoms with van der Waals surface area (Å²) in [6, 6.07) is 6.15. The Morgan fingerprint density at radius 1 is 1.19 bits per heavy atom. The third kappa shape index (κ3) is 3.27. The van der Waals surface area contributed by atoms with E-state index in [9.17, 15) is 13.2 Å². The van der Waals surface area contributed by atoms with Gasteiger partial charge in [-0.05, 0) is 38.1 Å². The summed E-state index contributed by atoms with van der Waals surface area (Å²) >= 11 is 0. The number of nitrogens with one attached hydrogen (secondary N) is 1. The lowest BCUT2D eigenvalue weighted by Gasteiger charge is -2.07. The molecule has 112 valence electrons. The van der Waals surface area contributed by atoms with Crippen molar-refractivity contribution < 1.29 is 17.6 Å². The summed E-state index contributed by atoms with van der Waals surface area (Å²) in [4.78, 5) is 11.1. The number of benzene rings is 1. The number of nitrogens with zero attached hydrogens (tertiary/aromatic N) is 2. The highest BCUT2D eigenvalue weighted by Gasteiger charge is 2.19. The van der Waals surface area contributed by atoms with Crippen molar-refractivity contribution in [2.45, 2.75) is 30.9 Å². The monoisotopic (exact) mass is 309 g/mol. The van der Waals surface area contributed by atoms with Gasteiger partial charge < -0.3 is 4.42 Å². The van der Waals surface area contributed by atoms with Gasteiger partial charge in [-0.1, -0.05) is 5.10 Å². The van der Waals surface area contributed by atoms with Gasteiger partial charge in [0.2, 0.25) is 11.8 Å². The maximum absolute atomic E-state index is 12.0. The van der Waals surface area contributed by atoms with Crippen LogP contribution in [0.5, 0.6) is 0 Å². The van der Waals surface area contributed by atoms with Gasteiger partial charge in [0.15, 0.2) is 9.84 Å². The third-order valence-corrected chi connectivity index (χ3v) is 4.93. The average Bonchev–Trinajstić information content (AvgIpc) is 2.86. The van der Waals surface area contributed by atoms with E-state index in [1.54, 1.807) is 26.0 Å². The van der Waals surface area contributed by atoms with Crippen molar-refractivity contribution in [2.75, 3.05) is 5.32 Å². The molecule has 8 heteroatoms. The Bertz CT molecular complexity index is 748. The summed E-state index contributed by atoms with van der Waals surface area (Å²) < 4.78 is 29.3. The minimum absolute atomic E-state index is 0.00335. The number of amides is 1. The molecule has 1 aromatic heterocycles. The Balaban J connectivity index is 2.27. The number of carbonyl (C=O) groups excluding carboxylic acids is 1. The number of aromatic nitrogens is 2. The van der Waals surface area contributed by atoms with Gasteiger partial charge in [-0.3, -0.25) is 10.1 Å². The summed E-state index contributed by atoms with van der Waals surface area (Å²) in [7, 11) is -3.31. The molecule has 0 aliphatic carbocycles. The topological polar surface area (TPSA) is 102 Å². The van der Waals surface area contributed by atoms with Gasteiger partial charge in [0.1, 0.15) is 0 Å². The highest BCUT2D eigenvalue weighted by atomic mass is 32.2. The van der Waals surface area contributed by atoms with Crippen LogP contribution in [0.15, 0.2) is 33.6 Å². The second-order valence-electron chi connectivity index (χ2n) is 4.71. The molecule has 0 spiro atoms. The van der Waals surface area contributed by atoms with Gasteiger partial charge in [0.05, 0.1) is 10.1 Å². The van der Waals surface area contributed by atoms with Crippen molar-refractivity contribution in [3.8, 4) is 11.5 Å². The second kappa shape index (κ2) is 5.65. The number of rotatable bonds is 4. The maximum Gasteiger partial charge on any atom is 0.322 e. The molecular formula is C13H15N3O4S. The molecule has 1 aromatic carbocycles. The van der Waals surface area contributed by atoms with Crippen molar-refractivity contribution >= 4 is 21.8 Å². The van der Waals surface area contributed by atoms with Gasteiger partial charge in [-0.25, -0.2) is 8.42 Å². The van der Waals surface area contributed by atoms with E-state index < -0.39 is 15.1 Å². The van der Waals surface area contributed by atoms with Crippen LogP contribution in [-0.2, 0) is 14.6 Å². The lowest BCUT2D eigenvalue weighted by Crippen LogP contribution is -2.13. The van der Waals surface area contributed by atoms with Gasteiger partial charge in [-0.15, -0.1) is 5.10 Å². The molecule has 1 N–H and O–H groups in total. The van der Waals surface area contributed by atoms with Crippen LogP contribution in [0, 0.1) is 0 Å². The normalized spacial score (nSPS) is 11.6. The lowest BCUT2D eigenvalue weighted by atomic mass is 10.2. The molecule has 0 fully saturated rings. The highest BCUT2D eigenvalue weighted by molar-refractivity contribution is 7.92. The largest absolute Gasteiger partial charge is 0.403 e. The van der Waals surface area contributed by atoms with E-state index in [2.05, 4.69) is 15.5 Å². The fourth-order valence-corrected chi connectivity index (χ4v) is 2.66. The summed E-state index contributed by atoms with van der Waals surface area (Å²) in [6.45, 7) is 4.58. The Kier molecular flexibility index (Phi) is 4.08. The number of anilines is 1. The van der Waals surface area contributed by atoms with Crippen molar-refractivity contribution in [1.82, 2.24) is 10.2 Å². The first kappa shape index (κ1) is 15.2. The van der Waals surface area contributed by atoms with Crippen LogP contribution < -0.4 is 5.32 Å². The predicted octanol–water partition coefficient (Wildman–Crippen LogP) is 1.88. The highest BCUT2D eigenvalue weighted by Crippen LogP contribution is 2.23. The minimum atomic E-state index is -3.31. The number of carbonyl (C=O) groups is 1. The van der Waals surface area contributed by atoms with E-state index in [4.69, 9.17) is 4.42 Å². The SMILES string of the molecule is CC(=O)Nc1nnc(-c2ccc(S(=O)(=O)C(C)C)cc2)o1. The Hall–Kier alpha value is -2.22. The van der Waals surface area contributed by atoms with Crippen molar-refractivity contribution in [2.24, 2.45) is 0 Å². The first-order chi connectivity index (χ1) is 9.80. The number of sulfone groups is 1. The molecule has 0 unspecified atom stereocenters. The molecule has 7 nitrogen and oxygen atoms in total.